The minimum absolute atomic E-state index is 0.00507. The largest absolute Gasteiger partial charge is 0.478 e. The predicted octanol–water partition coefficient (Wildman–Crippen LogP) is 1.11. The van der Waals surface area contributed by atoms with Gasteiger partial charge in [-0.05, 0) is 17.2 Å². The fraction of sp³-hybridized carbons (Fsp3) is 0.333. The van der Waals surface area contributed by atoms with Crippen molar-refractivity contribution in [2.24, 2.45) is 0 Å². The fourth-order valence-corrected chi connectivity index (χ4v) is 5.24. The summed E-state index contributed by atoms with van der Waals surface area (Å²) in [5, 5.41) is 12.2. The summed E-state index contributed by atoms with van der Waals surface area (Å²) in [6.07, 6.45) is 1.10. The molecule has 2 bridgehead atoms. The maximum atomic E-state index is 12.2. The summed E-state index contributed by atoms with van der Waals surface area (Å²) in [5.74, 6) is -2.81. The molecule has 0 aliphatic carbocycles. The Balaban J connectivity index is 1.44. The molecule has 2 aromatic heterocycles. The molecule has 5 heterocycles. The summed E-state index contributed by atoms with van der Waals surface area (Å²) in [7, 11) is 0. The van der Waals surface area contributed by atoms with Crippen molar-refractivity contribution in [2.75, 3.05) is 6.54 Å². The fourth-order valence-electron chi connectivity index (χ4n) is 3.99. The van der Waals surface area contributed by atoms with Gasteiger partial charge < -0.3 is 15.2 Å². The molecule has 0 radical (unpaired) electrons. The van der Waals surface area contributed by atoms with E-state index in [1.54, 1.807) is 6.20 Å². The average Bonchev–Trinajstić information content (AvgIpc) is 3.18. The van der Waals surface area contributed by atoms with Gasteiger partial charge in [0.2, 0.25) is 0 Å². The molecule has 8 nitrogen and oxygen atoms in total. The second kappa shape index (κ2) is 5.95. The Kier molecular flexibility index (Phi) is 3.64. The molecule has 27 heavy (non-hydrogen) atoms. The highest BCUT2D eigenvalue weighted by atomic mass is 32.1. The molecule has 2 aromatic rings. The second-order valence-electron chi connectivity index (χ2n) is 6.88. The van der Waals surface area contributed by atoms with E-state index in [1.165, 1.54) is 5.56 Å². The number of pyridine rings is 1. The smallest absolute Gasteiger partial charge is 0.337 e. The summed E-state index contributed by atoms with van der Waals surface area (Å²) in [6, 6.07) is 3.95. The van der Waals surface area contributed by atoms with Crippen molar-refractivity contribution < 1.29 is 24.2 Å². The van der Waals surface area contributed by atoms with Crippen LogP contribution in [0.4, 0.5) is 0 Å². The van der Waals surface area contributed by atoms with E-state index in [1.807, 2.05) is 12.1 Å². The van der Waals surface area contributed by atoms with Crippen LogP contribution in [-0.4, -0.2) is 45.3 Å². The van der Waals surface area contributed by atoms with E-state index in [2.05, 4.69) is 15.2 Å². The number of hydrogen-bond donors (Lipinski definition) is 2. The highest BCUT2D eigenvalue weighted by molar-refractivity contribution is 7.15. The van der Waals surface area contributed by atoms with E-state index < -0.39 is 23.9 Å². The Morgan fingerprint density at radius 2 is 2.26 bits per heavy atom. The van der Waals surface area contributed by atoms with Crippen molar-refractivity contribution in [3.63, 3.8) is 0 Å². The number of thiophene rings is 1. The lowest BCUT2D eigenvalue weighted by Gasteiger charge is -2.33. The molecule has 3 aliphatic heterocycles. The number of carbonyl (C=O) groups excluding carboxylic acids is 2. The Hall–Kier alpha value is -2.62. The molecule has 5 rings (SSSR count). The van der Waals surface area contributed by atoms with Crippen LogP contribution in [-0.2, 0) is 29.0 Å². The van der Waals surface area contributed by atoms with Gasteiger partial charge in [-0.15, -0.1) is 11.3 Å². The molecule has 0 aromatic carbocycles. The van der Waals surface area contributed by atoms with Gasteiger partial charge in [-0.3, -0.25) is 19.5 Å². The number of nitrogens with one attached hydrogen (secondary N) is 1. The van der Waals surface area contributed by atoms with Gasteiger partial charge in [-0.2, -0.15) is 0 Å². The Labute approximate surface area is 157 Å². The number of ether oxygens (including phenoxy) is 1. The first-order valence-corrected chi connectivity index (χ1v) is 9.37. The van der Waals surface area contributed by atoms with E-state index in [0.29, 0.717) is 30.0 Å². The monoisotopic (exact) mass is 385 g/mol. The quantitative estimate of drug-likeness (QED) is 0.762. The van der Waals surface area contributed by atoms with E-state index in [4.69, 9.17) is 4.74 Å². The van der Waals surface area contributed by atoms with Crippen molar-refractivity contribution in [1.82, 2.24) is 15.2 Å². The van der Waals surface area contributed by atoms with Gasteiger partial charge in [-0.1, -0.05) is 6.07 Å². The van der Waals surface area contributed by atoms with Crippen LogP contribution in [0.2, 0.25) is 0 Å². The number of carboxylic acids is 1. The number of aromatic nitrogens is 1. The molecule has 1 amide bonds. The third kappa shape index (κ3) is 2.58. The van der Waals surface area contributed by atoms with Crippen LogP contribution >= 0.6 is 11.3 Å². The van der Waals surface area contributed by atoms with Gasteiger partial charge in [0.25, 0.3) is 11.7 Å². The van der Waals surface area contributed by atoms with Gasteiger partial charge in [-0.25, -0.2) is 4.79 Å². The zero-order valence-corrected chi connectivity index (χ0v) is 14.9. The number of fused-ring (bicyclic) bond motifs is 2. The molecule has 2 N–H and O–H groups in total. The second-order valence-corrected chi connectivity index (χ2v) is 7.93. The summed E-state index contributed by atoms with van der Waals surface area (Å²) in [6.45, 7) is 2.05. The molecule has 2 unspecified atom stereocenters. The number of rotatable bonds is 3. The SMILES string of the molecule is O=C1NC2OC(CN3Cc4cccnc4C3)Cc3c2sc(c3C(=O)O)C1=O. The molecule has 2 atom stereocenters. The predicted molar refractivity (Wildman–Crippen MR) is 93.4 cm³/mol. The van der Waals surface area contributed by atoms with Crippen LogP contribution < -0.4 is 5.32 Å². The first kappa shape index (κ1) is 16.5. The number of carboxylic acid groups (broad SMARTS) is 1. The van der Waals surface area contributed by atoms with E-state index in [0.717, 1.165) is 23.6 Å². The van der Waals surface area contributed by atoms with E-state index in [-0.39, 0.29) is 16.5 Å². The maximum absolute atomic E-state index is 12.2. The number of Topliss-reactive ketones (excluding diaryl/α,β-unsaturated/α-hetero) is 1. The van der Waals surface area contributed by atoms with Crippen molar-refractivity contribution in [2.45, 2.75) is 31.8 Å². The van der Waals surface area contributed by atoms with Crippen LogP contribution in [0, 0.1) is 0 Å². The van der Waals surface area contributed by atoms with Crippen LogP contribution in [0.1, 0.15) is 48.0 Å². The third-order valence-electron chi connectivity index (χ3n) is 5.14. The minimum atomic E-state index is -1.18. The van der Waals surface area contributed by atoms with Crippen molar-refractivity contribution >= 4 is 29.0 Å². The molecule has 0 fully saturated rings. The Morgan fingerprint density at radius 1 is 1.41 bits per heavy atom. The highest BCUT2D eigenvalue weighted by Crippen LogP contribution is 2.41. The van der Waals surface area contributed by atoms with Gasteiger partial charge in [0.05, 0.1) is 27.1 Å². The first-order valence-electron chi connectivity index (χ1n) is 8.56. The summed E-state index contributed by atoms with van der Waals surface area (Å²) < 4.78 is 6.03. The number of carbonyl (C=O) groups is 3. The van der Waals surface area contributed by atoms with Crippen LogP contribution in [0.5, 0.6) is 0 Å². The number of hydrogen-bond acceptors (Lipinski definition) is 7. The standard InChI is InChI=1S/C18H15N3O5S/c22-13-15-12(18(24)25)10-4-9(26-17(14(10)27-15)20-16(13)23)6-21-5-8-2-1-3-19-11(8)7-21/h1-3,9,17H,4-7H2,(H,20,23)(H,24,25). The zero-order chi connectivity index (χ0) is 18.7. The normalized spacial score (nSPS) is 23.7. The van der Waals surface area contributed by atoms with Crippen LogP contribution in [0.25, 0.3) is 0 Å². The topological polar surface area (TPSA) is 109 Å². The van der Waals surface area contributed by atoms with Crippen molar-refractivity contribution in [1.29, 1.82) is 0 Å². The van der Waals surface area contributed by atoms with Crippen molar-refractivity contribution in [3.05, 3.63) is 50.5 Å². The van der Waals surface area contributed by atoms with Crippen molar-refractivity contribution in [3.8, 4) is 0 Å². The average molecular weight is 385 g/mol. The molecular weight excluding hydrogens is 370 g/mol. The van der Waals surface area contributed by atoms with Crippen LogP contribution in [0.15, 0.2) is 18.3 Å². The number of nitrogens with zero attached hydrogens (tertiary/aromatic N) is 2. The Morgan fingerprint density at radius 3 is 3.04 bits per heavy atom. The lowest BCUT2D eigenvalue weighted by Crippen LogP contribution is -2.43. The molecule has 0 saturated carbocycles. The van der Waals surface area contributed by atoms with Gasteiger partial charge in [0.1, 0.15) is 0 Å². The number of aromatic carboxylic acids is 1. The maximum Gasteiger partial charge on any atom is 0.337 e. The summed E-state index contributed by atoms with van der Waals surface area (Å²) in [5.41, 5.74) is 2.77. The zero-order valence-electron chi connectivity index (χ0n) is 14.1. The summed E-state index contributed by atoms with van der Waals surface area (Å²) in [4.78, 5) is 43.2. The van der Waals surface area contributed by atoms with Crippen LogP contribution in [0.3, 0.4) is 0 Å². The molecule has 3 aliphatic rings. The molecule has 9 heteroatoms. The third-order valence-corrected chi connectivity index (χ3v) is 6.41. The lowest BCUT2D eigenvalue weighted by atomic mass is 9.96. The molecule has 0 saturated heterocycles. The minimum Gasteiger partial charge on any atom is -0.478 e. The highest BCUT2D eigenvalue weighted by Gasteiger charge is 2.42. The summed E-state index contributed by atoms with van der Waals surface area (Å²) >= 11 is 1.04. The van der Waals surface area contributed by atoms with E-state index in [9.17, 15) is 19.5 Å². The van der Waals surface area contributed by atoms with E-state index >= 15 is 0 Å². The molecule has 138 valence electrons. The lowest BCUT2D eigenvalue weighted by molar-refractivity contribution is -0.125. The first-order chi connectivity index (χ1) is 13.0. The Bertz CT molecular complexity index is 976. The molecular formula is C18H15N3O5S. The molecule has 0 spiro atoms. The van der Waals surface area contributed by atoms with Gasteiger partial charge in [0.15, 0.2) is 6.23 Å². The van der Waals surface area contributed by atoms with Gasteiger partial charge >= 0.3 is 5.97 Å². The van der Waals surface area contributed by atoms with Gasteiger partial charge in [0, 0.05) is 32.3 Å². The number of amides is 1. The number of ketones is 1.